The van der Waals surface area contributed by atoms with E-state index in [1.807, 2.05) is 18.2 Å². The first kappa shape index (κ1) is 30.0. The molecule has 2 amide bonds. The number of halogens is 1. The molecule has 2 heterocycles. The van der Waals surface area contributed by atoms with Crippen LogP contribution < -0.4 is 16.0 Å². The fourth-order valence-electron chi connectivity index (χ4n) is 7.92. The van der Waals surface area contributed by atoms with Gasteiger partial charge in [0.15, 0.2) is 0 Å². The van der Waals surface area contributed by atoms with Crippen LogP contribution in [0.4, 0.5) is 5.95 Å². The van der Waals surface area contributed by atoms with E-state index in [0.717, 1.165) is 72.9 Å². The van der Waals surface area contributed by atoms with Gasteiger partial charge in [-0.3, -0.25) is 14.2 Å². The van der Waals surface area contributed by atoms with Gasteiger partial charge in [0, 0.05) is 41.3 Å². The monoisotopic (exact) mass is 603 g/mol. The summed E-state index contributed by atoms with van der Waals surface area (Å²) < 4.78 is 2.20. The highest BCUT2D eigenvalue weighted by molar-refractivity contribution is 6.32. The fourth-order valence-corrected chi connectivity index (χ4v) is 8.22. The maximum atomic E-state index is 13.0. The molecule has 0 spiro atoms. The number of amides is 2. The van der Waals surface area contributed by atoms with E-state index in [1.165, 1.54) is 31.2 Å². The molecule has 230 valence electrons. The van der Waals surface area contributed by atoms with Crippen molar-refractivity contribution in [3.05, 3.63) is 52.5 Å². The summed E-state index contributed by atoms with van der Waals surface area (Å²) in [6, 6.07) is 12.1. The van der Waals surface area contributed by atoms with Crippen molar-refractivity contribution >= 4 is 40.4 Å². The summed E-state index contributed by atoms with van der Waals surface area (Å²) in [4.78, 5) is 32.3. The van der Waals surface area contributed by atoms with E-state index in [4.69, 9.17) is 22.3 Å². The molecule has 6 rings (SSSR count). The van der Waals surface area contributed by atoms with Gasteiger partial charge in [-0.2, -0.15) is 0 Å². The molecule has 3 aromatic rings. The zero-order valence-corrected chi connectivity index (χ0v) is 26.6. The maximum absolute atomic E-state index is 13.0. The Morgan fingerprint density at radius 3 is 2.35 bits per heavy atom. The standard InChI is InChI=1S/C35H46ClN5O2/c1-21(2)27-13-8-22(3)18-28(27)29-19-32-31(20-30(29)36)39-35(41(32)26-11-9-23(10-12-26)33(37)42)40-16-14-24(15-17-40)34(43)38-25-6-4-5-7-25/h9-12,19-22,24-25,27-28H,4-8,13-18H2,1-3H3,(H2,37,42)(H,38,43). The lowest BCUT2D eigenvalue weighted by molar-refractivity contribution is -0.126. The molecular formula is C35H46ClN5O2. The van der Waals surface area contributed by atoms with Crippen LogP contribution in [0.25, 0.3) is 16.7 Å². The molecule has 3 aliphatic rings. The maximum Gasteiger partial charge on any atom is 0.248 e. The van der Waals surface area contributed by atoms with Crippen LogP contribution in [0.2, 0.25) is 5.02 Å². The van der Waals surface area contributed by atoms with E-state index in [0.29, 0.717) is 35.3 Å². The predicted octanol–water partition coefficient (Wildman–Crippen LogP) is 7.23. The number of nitrogens with one attached hydrogen (secondary N) is 1. The minimum atomic E-state index is -0.444. The Morgan fingerprint density at radius 1 is 1.00 bits per heavy atom. The van der Waals surface area contributed by atoms with Crippen LogP contribution in [0.1, 0.15) is 100 Å². The van der Waals surface area contributed by atoms with Crippen LogP contribution in [0, 0.1) is 23.7 Å². The van der Waals surface area contributed by atoms with E-state index in [1.54, 1.807) is 12.1 Å². The van der Waals surface area contributed by atoms with Crippen LogP contribution in [-0.4, -0.2) is 40.5 Å². The third-order valence-electron chi connectivity index (χ3n) is 10.4. The Bertz CT molecular complexity index is 1470. The molecule has 43 heavy (non-hydrogen) atoms. The van der Waals surface area contributed by atoms with E-state index in [-0.39, 0.29) is 11.8 Å². The van der Waals surface area contributed by atoms with Crippen LogP contribution >= 0.6 is 11.6 Å². The summed E-state index contributed by atoms with van der Waals surface area (Å²) in [6.45, 7) is 8.53. The Kier molecular flexibility index (Phi) is 8.72. The lowest BCUT2D eigenvalue weighted by atomic mass is 9.67. The van der Waals surface area contributed by atoms with Crippen LogP contribution in [0.5, 0.6) is 0 Å². The third kappa shape index (κ3) is 6.15. The van der Waals surface area contributed by atoms with Crippen LogP contribution in [0.3, 0.4) is 0 Å². The van der Waals surface area contributed by atoms with Crippen molar-refractivity contribution in [2.75, 3.05) is 18.0 Å². The number of benzene rings is 2. The zero-order chi connectivity index (χ0) is 30.2. The highest BCUT2D eigenvalue weighted by Gasteiger charge is 2.34. The molecule has 0 radical (unpaired) electrons. The first-order valence-electron chi connectivity index (χ1n) is 16.4. The number of carbonyl (C=O) groups is 2. The highest BCUT2D eigenvalue weighted by atomic mass is 35.5. The minimum absolute atomic E-state index is 0.0341. The van der Waals surface area contributed by atoms with Crippen LogP contribution in [-0.2, 0) is 4.79 Å². The number of imidazole rings is 1. The Hall–Kier alpha value is -3.06. The molecule has 7 nitrogen and oxygen atoms in total. The van der Waals surface area contributed by atoms with Crippen molar-refractivity contribution in [2.24, 2.45) is 29.4 Å². The summed E-state index contributed by atoms with van der Waals surface area (Å²) in [5.74, 6) is 2.89. The molecule has 3 fully saturated rings. The van der Waals surface area contributed by atoms with Gasteiger partial charge in [0.1, 0.15) is 0 Å². The predicted molar refractivity (Wildman–Crippen MR) is 174 cm³/mol. The normalized spacial score (nSPS) is 23.7. The minimum Gasteiger partial charge on any atom is -0.366 e. The number of carbonyl (C=O) groups excluding carboxylic acids is 2. The Labute approximate surface area is 260 Å². The summed E-state index contributed by atoms with van der Waals surface area (Å²) in [6.07, 6.45) is 9.85. The number of nitrogens with zero attached hydrogens (tertiary/aromatic N) is 3. The number of aromatic nitrogens is 2. The van der Waals surface area contributed by atoms with Gasteiger partial charge in [0.05, 0.1) is 11.0 Å². The van der Waals surface area contributed by atoms with Gasteiger partial charge in [-0.1, -0.05) is 51.6 Å². The molecule has 8 heteroatoms. The lowest BCUT2D eigenvalue weighted by Crippen LogP contribution is -2.43. The average molecular weight is 604 g/mol. The molecule has 1 aromatic heterocycles. The van der Waals surface area contributed by atoms with Gasteiger partial charge in [-0.15, -0.1) is 0 Å². The molecule has 3 atom stereocenters. The number of primary amides is 1. The lowest BCUT2D eigenvalue weighted by Gasteiger charge is -2.38. The average Bonchev–Trinajstić information content (AvgIpc) is 3.64. The summed E-state index contributed by atoms with van der Waals surface area (Å²) in [5.41, 5.74) is 10.0. The Balaban J connectivity index is 1.36. The van der Waals surface area contributed by atoms with Crippen molar-refractivity contribution in [2.45, 2.75) is 90.5 Å². The second-order valence-corrected chi connectivity index (χ2v) is 14.1. The highest BCUT2D eigenvalue weighted by Crippen LogP contribution is 2.47. The van der Waals surface area contributed by atoms with E-state index in [9.17, 15) is 9.59 Å². The molecule has 3 N–H and O–H groups in total. The van der Waals surface area contributed by atoms with Gasteiger partial charge in [-0.05, 0) is 104 Å². The van der Waals surface area contributed by atoms with Gasteiger partial charge in [-0.25, -0.2) is 4.98 Å². The van der Waals surface area contributed by atoms with Gasteiger partial charge in [0.2, 0.25) is 17.8 Å². The molecule has 1 saturated heterocycles. The second kappa shape index (κ2) is 12.5. The van der Waals surface area contributed by atoms with Crippen molar-refractivity contribution in [3.63, 3.8) is 0 Å². The van der Waals surface area contributed by atoms with E-state index in [2.05, 4.69) is 41.6 Å². The van der Waals surface area contributed by atoms with E-state index >= 15 is 0 Å². The van der Waals surface area contributed by atoms with Crippen molar-refractivity contribution in [3.8, 4) is 5.69 Å². The molecule has 3 unspecified atom stereocenters. The third-order valence-corrected chi connectivity index (χ3v) is 10.8. The first-order chi connectivity index (χ1) is 20.7. The molecule has 0 bridgehead atoms. The molecule has 2 saturated carbocycles. The fraction of sp³-hybridized carbons (Fsp3) is 0.571. The summed E-state index contributed by atoms with van der Waals surface area (Å²) >= 11 is 7.07. The summed E-state index contributed by atoms with van der Waals surface area (Å²) in [5, 5.41) is 4.10. The van der Waals surface area contributed by atoms with Crippen molar-refractivity contribution in [1.82, 2.24) is 14.9 Å². The van der Waals surface area contributed by atoms with Crippen LogP contribution in [0.15, 0.2) is 36.4 Å². The number of nitrogens with two attached hydrogens (primary N) is 1. The van der Waals surface area contributed by atoms with E-state index < -0.39 is 5.91 Å². The second-order valence-electron chi connectivity index (χ2n) is 13.7. The van der Waals surface area contributed by atoms with Gasteiger partial charge >= 0.3 is 0 Å². The first-order valence-corrected chi connectivity index (χ1v) is 16.7. The SMILES string of the molecule is CC1CCC(C(C)C)C(c2cc3c(cc2Cl)nc(N2CCC(C(=O)NC4CCCC4)CC2)n3-c2ccc(C(N)=O)cc2)C1. The topological polar surface area (TPSA) is 93.2 Å². The van der Waals surface area contributed by atoms with Crippen molar-refractivity contribution < 1.29 is 9.59 Å². The molecule has 2 aromatic carbocycles. The van der Waals surface area contributed by atoms with Gasteiger partial charge < -0.3 is 16.0 Å². The number of piperidine rings is 1. The number of rotatable bonds is 7. The smallest absolute Gasteiger partial charge is 0.248 e. The van der Waals surface area contributed by atoms with Crippen molar-refractivity contribution in [1.29, 1.82) is 0 Å². The summed E-state index contributed by atoms with van der Waals surface area (Å²) in [7, 11) is 0. The molecule has 1 aliphatic heterocycles. The number of fused-ring (bicyclic) bond motifs is 1. The molecule has 2 aliphatic carbocycles. The zero-order valence-electron chi connectivity index (χ0n) is 25.8. The quantitative estimate of drug-likeness (QED) is 0.298. The van der Waals surface area contributed by atoms with Gasteiger partial charge in [0.25, 0.3) is 0 Å². The number of hydrogen-bond acceptors (Lipinski definition) is 4. The molecular weight excluding hydrogens is 558 g/mol. The number of hydrogen-bond donors (Lipinski definition) is 2. The number of anilines is 1. The largest absolute Gasteiger partial charge is 0.366 e. The Morgan fingerprint density at radius 2 is 1.70 bits per heavy atom.